The fourth-order valence-electron chi connectivity index (χ4n) is 3.13. The Bertz CT molecular complexity index is 686. The zero-order valence-corrected chi connectivity index (χ0v) is 14.4. The van der Waals surface area contributed by atoms with Crippen LogP contribution in [0.5, 0.6) is 0 Å². The number of nitrogens with zero attached hydrogens (tertiary/aromatic N) is 2. The first-order valence-electron chi connectivity index (χ1n) is 8.55. The van der Waals surface area contributed by atoms with Crippen molar-refractivity contribution in [3.8, 4) is 0 Å². The quantitative estimate of drug-likeness (QED) is 0.872. The van der Waals surface area contributed by atoms with Gasteiger partial charge in [0.2, 0.25) is 5.91 Å². The van der Waals surface area contributed by atoms with Crippen LogP contribution < -0.4 is 9.80 Å². The van der Waals surface area contributed by atoms with E-state index in [2.05, 4.69) is 4.90 Å². The number of ether oxygens (including phenoxy) is 1. The summed E-state index contributed by atoms with van der Waals surface area (Å²) in [4.78, 5) is 15.9. The molecule has 1 aliphatic rings. The molecule has 0 bridgehead atoms. The highest BCUT2D eigenvalue weighted by Crippen LogP contribution is 2.32. The average Bonchev–Trinajstić information content (AvgIpc) is 3.04. The molecule has 0 fully saturated rings. The summed E-state index contributed by atoms with van der Waals surface area (Å²) in [5, 5.41) is 10.3. The fraction of sp³-hybridized carbons (Fsp3) is 0.421. The summed E-state index contributed by atoms with van der Waals surface area (Å²) < 4.78 is 10.7. The number of anilines is 2. The molecular weight excluding hydrogens is 320 g/mol. The number of para-hydroxylation sites is 2. The van der Waals surface area contributed by atoms with Crippen molar-refractivity contribution < 1.29 is 19.1 Å². The molecule has 0 spiro atoms. The zero-order chi connectivity index (χ0) is 17.6. The zero-order valence-electron chi connectivity index (χ0n) is 14.4. The van der Waals surface area contributed by atoms with Crippen LogP contribution in [0.4, 0.5) is 11.4 Å². The van der Waals surface area contributed by atoms with E-state index in [4.69, 9.17) is 9.15 Å². The molecule has 0 saturated heterocycles. The largest absolute Gasteiger partial charge is 0.467 e. The molecule has 134 valence electrons. The van der Waals surface area contributed by atoms with Crippen LogP contribution >= 0.6 is 0 Å². The molecule has 25 heavy (non-hydrogen) atoms. The Balaban J connectivity index is 1.62. The van der Waals surface area contributed by atoms with Gasteiger partial charge in [0.1, 0.15) is 12.4 Å². The third-order valence-corrected chi connectivity index (χ3v) is 4.27. The highest BCUT2D eigenvalue weighted by atomic mass is 16.5. The van der Waals surface area contributed by atoms with Gasteiger partial charge in [-0.1, -0.05) is 12.1 Å². The molecule has 1 unspecified atom stereocenters. The maximum absolute atomic E-state index is 11.9. The molecule has 2 heterocycles. The number of aliphatic hydroxyl groups is 1. The lowest BCUT2D eigenvalue weighted by atomic mass is 10.2. The van der Waals surface area contributed by atoms with Crippen molar-refractivity contribution in [3.05, 3.63) is 48.4 Å². The Labute approximate surface area is 147 Å². The Morgan fingerprint density at radius 2 is 2.04 bits per heavy atom. The number of β-amino-alcohol motifs (C(OH)–C–C–N with tert-alkyl or cyclic N) is 1. The van der Waals surface area contributed by atoms with Gasteiger partial charge in [-0.2, -0.15) is 0 Å². The molecule has 1 N–H and O–H groups in total. The normalized spacial score (nSPS) is 15.6. The number of furan rings is 1. The summed E-state index contributed by atoms with van der Waals surface area (Å²) in [6.07, 6.45) is 1.84. The van der Waals surface area contributed by atoms with E-state index in [-0.39, 0.29) is 12.5 Å². The number of benzene rings is 1. The predicted octanol–water partition coefficient (Wildman–Crippen LogP) is 2.42. The third-order valence-electron chi connectivity index (χ3n) is 4.27. The molecule has 1 aliphatic heterocycles. The number of hydrogen-bond donors (Lipinski definition) is 1. The van der Waals surface area contributed by atoms with E-state index in [9.17, 15) is 9.90 Å². The molecule has 0 radical (unpaired) electrons. The summed E-state index contributed by atoms with van der Waals surface area (Å²) in [5.41, 5.74) is 1.87. The van der Waals surface area contributed by atoms with Gasteiger partial charge in [0.05, 0.1) is 30.3 Å². The van der Waals surface area contributed by atoms with Crippen LogP contribution in [0.2, 0.25) is 0 Å². The molecule has 6 heteroatoms. The Morgan fingerprint density at radius 3 is 2.76 bits per heavy atom. The van der Waals surface area contributed by atoms with Crippen molar-refractivity contribution in [2.75, 3.05) is 36.0 Å². The van der Waals surface area contributed by atoms with Gasteiger partial charge in [0.25, 0.3) is 0 Å². The fourth-order valence-corrected chi connectivity index (χ4v) is 3.13. The maximum atomic E-state index is 11.9. The molecule has 1 amide bonds. The van der Waals surface area contributed by atoms with E-state index in [1.54, 1.807) is 18.1 Å². The minimum atomic E-state index is -0.619. The monoisotopic (exact) mass is 344 g/mol. The minimum Gasteiger partial charge on any atom is -0.467 e. The second-order valence-electron chi connectivity index (χ2n) is 6.21. The molecule has 1 aromatic carbocycles. The van der Waals surface area contributed by atoms with Crippen LogP contribution in [-0.2, 0) is 16.1 Å². The van der Waals surface area contributed by atoms with E-state index in [1.165, 1.54) is 0 Å². The lowest BCUT2D eigenvalue weighted by Gasteiger charge is -2.28. The van der Waals surface area contributed by atoms with Crippen molar-refractivity contribution in [2.24, 2.45) is 0 Å². The van der Waals surface area contributed by atoms with Crippen LogP contribution in [0.3, 0.4) is 0 Å². The number of aliphatic hydroxyl groups excluding tert-OH is 1. The molecule has 1 atom stereocenters. The lowest BCUT2D eigenvalue weighted by Crippen LogP contribution is -2.35. The summed E-state index contributed by atoms with van der Waals surface area (Å²) in [6, 6.07) is 11.5. The number of carbonyl (C=O) groups is 1. The second-order valence-corrected chi connectivity index (χ2v) is 6.21. The first-order valence-corrected chi connectivity index (χ1v) is 8.55. The van der Waals surface area contributed by atoms with E-state index >= 15 is 0 Å². The van der Waals surface area contributed by atoms with E-state index in [1.807, 2.05) is 36.4 Å². The van der Waals surface area contributed by atoms with Gasteiger partial charge in [-0.25, -0.2) is 0 Å². The van der Waals surface area contributed by atoms with Gasteiger partial charge in [0, 0.05) is 26.6 Å². The van der Waals surface area contributed by atoms with Crippen molar-refractivity contribution in [2.45, 2.75) is 26.1 Å². The van der Waals surface area contributed by atoms with Crippen LogP contribution in [0, 0.1) is 0 Å². The van der Waals surface area contributed by atoms with Gasteiger partial charge in [-0.15, -0.1) is 0 Å². The minimum absolute atomic E-state index is 0.0385. The van der Waals surface area contributed by atoms with Crippen molar-refractivity contribution >= 4 is 17.3 Å². The van der Waals surface area contributed by atoms with Gasteiger partial charge in [-0.05, 0) is 30.7 Å². The Kier molecular flexibility index (Phi) is 5.73. The Morgan fingerprint density at radius 1 is 1.24 bits per heavy atom. The van der Waals surface area contributed by atoms with Gasteiger partial charge >= 0.3 is 0 Å². The molecule has 1 aromatic heterocycles. The van der Waals surface area contributed by atoms with Gasteiger partial charge in [0.15, 0.2) is 0 Å². The van der Waals surface area contributed by atoms with Crippen LogP contribution in [-0.4, -0.2) is 43.4 Å². The van der Waals surface area contributed by atoms with E-state index < -0.39 is 6.10 Å². The first kappa shape index (κ1) is 17.5. The second kappa shape index (κ2) is 8.18. The van der Waals surface area contributed by atoms with Crippen molar-refractivity contribution in [1.82, 2.24) is 0 Å². The summed E-state index contributed by atoms with van der Waals surface area (Å²) >= 11 is 0. The molecule has 2 aromatic rings. The standard InChI is InChI=1S/C19H24N2O4/c1-15(22)21-10-5-9-20(18-7-2-3-8-19(18)21)12-16(23)13-24-14-17-6-4-11-25-17/h2-4,6-8,11,16,23H,5,9-10,12-14H2,1H3. The van der Waals surface area contributed by atoms with Gasteiger partial charge in [-0.3, -0.25) is 4.79 Å². The van der Waals surface area contributed by atoms with Crippen molar-refractivity contribution in [3.63, 3.8) is 0 Å². The SMILES string of the molecule is CC(=O)N1CCCN(CC(O)COCc2ccco2)c2ccccc21. The number of fused-ring (bicyclic) bond motifs is 1. The van der Waals surface area contributed by atoms with Crippen LogP contribution in [0.15, 0.2) is 47.1 Å². The first-order chi connectivity index (χ1) is 12.1. The predicted molar refractivity (Wildman–Crippen MR) is 95.7 cm³/mol. The number of carbonyl (C=O) groups excluding carboxylic acids is 1. The summed E-state index contributed by atoms with van der Waals surface area (Å²) in [7, 11) is 0. The third kappa shape index (κ3) is 4.41. The summed E-state index contributed by atoms with van der Waals surface area (Å²) in [6.45, 7) is 4.10. The van der Waals surface area contributed by atoms with Crippen LogP contribution in [0.1, 0.15) is 19.1 Å². The van der Waals surface area contributed by atoms with Gasteiger partial charge < -0.3 is 24.1 Å². The highest BCUT2D eigenvalue weighted by Gasteiger charge is 2.23. The highest BCUT2D eigenvalue weighted by molar-refractivity contribution is 5.95. The summed E-state index contributed by atoms with van der Waals surface area (Å²) in [5.74, 6) is 0.779. The van der Waals surface area contributed by atoms with E-state index in [0.29, 0.717) is 19.7 Å². The molecular formula is C19H24N2O4. The maximum Gasteiger partial charge on any atom is 0.223 e. The molecule has 0 aliphatic carbocycles. The van der Waals surface area contributed by atoms with E-state index in [0.717, 1.165) is 30.1 Å². The number of amides is 1. The number of rotatable bonds is 6. The van der Waals surface area contributed by atoms with Crippen LogP contribution in [0.25, 0.3) is 0 Å². The van der Waals surface area contributed by atoms with Crippen molar-refractivity contribution in [1.29, 1.82) is 0 Å². The molecule has 3 rings (SSSR count). The average molecular weight is 344 g/mol. The molecule has 0 saturated carbocycles. The Hall–Kier alpha value is -2.31. The molecule has 6 nitrogen and oxygen atoms in total. The number of hydrogen-bond acceptors (Lipinski definition) is 5. The smallest absolute Gasteiger partial charge is 0.223 e. The lowest BCUT2D eigenvalue weighted by molar-refractivity contribution is -0.116. The topological polar surface area (TPSA) is 66.2 Å².